The predicted octanol–water partition coefficient (Wildman–Crippen LogP) is 2.10. The molecule has 27 heavy (non-hydrogen) atoms. The zero-order chi connectivity index (χ0) is 19.2. The van der Waals surface area contributed by atoms with Crippen LogP contribution in [0.2, 0.25) is 0 Å². The number of nitrogens with one attached hydrogen (secondary N) is 1. The second kappa shape index (κ2) is 8.84. The lowest BCUT2D eigenvalue weighted by molar-refractivity contribution is -0.129. The van der Waals surface area contributed by atoms with E-state index in [9.17, 15) is 9.59 Å². The minimum Gasteiger partial charge on any atom is -0.356 e. The first-order valence-corrected chi connectivity index (χ1v) is 9.63. The number of aryl methyl sites for hydroxylation is 3. The van der Waals surface area contributed by atoms with Gasteiger partial charge in [-0.15, -0.1) is 0 Å². The molecule has 1 atom stereocenters. The van der Waals surface area contributed by atoms with Crippen molar-refractivity contribution in [1.29, 1.82) is 0 Å². The van der Waals surface area contributed by atoms with Crippen molar-refractivity contribution in [2.45, 2.75) is 39.7 Å². The maximum atomic E-state index is 12.4. The van der Waals surface area contributed by atoms with E-state index in [1.807, 2.05) is 47.7 Å². The quantitative estimate of drug-likeness (QED) is 0.726. The van der Waals surface area contributed by atoms with Crippen LogP contribution in [0.3, 0.4) is 0 Å². The smallest absolute Gasteiger partial charge is 0.225 e. The van der Waals surface area contributed by atoms with Gasteiger partial charge in [-0.05, 0) is 38.3 Å². The molecule has 1 aromatic carbocycles. The summed E-state index contributed by atoms with van der Waals surface area (Å²) in [5.74, 6) is -0.172. The van der Waals surface area contributed by atoms with Crippen molar-refractivity contribution in [2.75, 3.05) is 19.6 Å². The number of carbonyl (C=O) groups excluding carboxylic acids is 2. The summed E-state index contributed by atoms with van der Waals surface area (Å²) in [7, 11) is 0. The third-order valence-corrected chi connectivity index (χ3v) is 5.05. The molecule has 2 heterocycles. The number of carbonyl (C=O) groups is 2. The second-order valence-corrected chi connectivity index (χ2v) is 7.27. The molecule has 0 saturated carbocycles. The monoisotopic (exact) mass is 368 g/mol. The zero-order valence-corrected chi connectivity index (χ0v) is 16.1. The number of benzene rings is 1. The van der Waals surface area contributed by atoms with Gasteiger partial charge < -0.3 is 10.2 Å². The maximum absolute atomic E-state index is 12.4. The van der Waals surface area contributed by atoms with E-state index in [1.54, 1.807) is 0 Å². The molecule has 1 aromatic heterocycles. The van der Waals surface area contributed by atoms with Crippen molar-refractivity contribution < 1.29 is 9.59 Å². The van der Waals surface area contributed by atoms with Crippen LogP contribution in [0.4, 0.5) is 0 Å². The zero-order valence-electron chi connectivity index (χ0n) is 16.1. The first-order chi connectivity index (χ1) is 13.0. The molecule has 1 aliphatic rings. The Bertz CT molecular complexity index is 785. The first-order valence-electron chi connectivity index (χ1n) is 9.63. The highest BCUT2D eigenvalue weighted by Crippen LogP contribution is 2.18. The van der Waals surface area contributed by atoms with Crippen LogP contribution in [-0.4, -0.2) is 46.1 Å². The maximum Gasteiger partial charge on any atom is 0.225 e. The van der Waals surface area contributed by atoms with Gasteiger partial charge in [0.15, 0.2) is 0 Å². The van der Waals surface area contributed by atoms with E-state index >= 15 is 0 Å². The molecular weight excluding hydrogens is 340 g/mol. The normalized spacial score (nSPS) is 16.7. The molecule has 6 nitrogen and oxygen atoms in total. The number of amides is 2. The molecule has 0 aliphatic carbocycles. The average molecular weight is 368 g/mol. The van der Waals surface area contributed by atoms with Gasteiger partial charge in [0.25, 0.3) is 0 Å². The van der Waals surface area contributed by atoms with E-state index in [1.165, 1.54) is 5.56 Å². The molecule has 1 saturated heterocycles. The van der Waals surface area contributed by atoms with Crippen LogP contribution >= 0.6 is 0 Å². The molecule has 2 aromatic rings. The molecule has 1 aliphatic heterocycles. The molecular formula is C21H28N4O2. The van der Waals surface area contributed by atoms with E-state index < -0.39 is 0 Å². The predicted molar refractivity (Wildman–Crippen MR) is 104 cm³/mol. The molecule has 1 fully saturated rings. The van der Waals surface area contributed by atoms with Crippen LogP contribution in [0, 0.1) is 19.8 Å². The first kappa shape index (κ1) is 19.1. The molecule has 1 unspecified atom stereocenters. The molecule has 3 rings (SSSR count). The van der Waals surface area contributed by atoms with Gasteiger partial charge in [0, 0.05) is 38.3 Å². The highest BCUT2D eigenvalue weighted by Gasteiger charge is 2.33. The fourth-order valence-corrected chi connectivity index (χ4v) is 3.56. The summed E-state index contributed by atoms with van der Waals surface area (Å²) in [6, 6.07) is 12.2. The van der Waals surface area contributed by atoms with Crippen molar-refractivity contribution in [3.63, 3.8) is 0 Å². The van der Waals surface area contributed by atoms with Crippen LogP contribution < -0.4 is 5.32 Å². The Balaban J connectivity index is 1.39. The molecule has 0 radical (unpaired) electrons. The Morgan fingerprint density at radius 3 is 2.70 bits per heavy atom. The molecule has 6 heteroatoms. The summed E-state index contributed by atoms with van der Waals surface area (Å²) >= 11 is 0. The summed E-state index contributed by atoms with van der Waals surface area (Å²) in [5.41, 5.74) is 3.35. The molecule has 1 N–H and O–H groups in total. The average Bonchev–Trinajstić information content (AvgIpc) is 3.19. The van der Waals surface area contributed by atoms with E-state index in [-0.39, 0.29) is 17.7 Å². The van der Waals surface area contributed by atoms with Gasteiger partial charge in [-0.3, -0.25) is 14.3 Å². The van der Waals surface area contributed by atoms with E-state index in [0.29, 0.717) is 26.1 Å². The largest absolute Gasteiger partial charge is 0.356 e. The second-order valence-electron chi connectivity index (χ2n) is 7.27. The summed E-state index contributed by atoms with van der Waals surface area (Å²) in [6.07, 6.45) is 1.97. The number of aromatic nitrogens is 2. The van der Waals surface area contributed by atoms with Gasteiger partial charge in [-0.2, -0.15) is 5.10 Å². The van der Waals surface area contributed by atoms with E-state index in [0.717, 1.165) is 30.8 Å². The summed E-state index contributed by atoms with van der Waals surface area (Å²) < 4.78 is 1.96. The molecule has 0 spiro atoms. The topological polar surface area (TPSA) is 67.2 Å². The van der Waals surface area contributed by atoms with E-state index in [4.69, 9.17) is 0 Å². The highest BCUT2D eigenvalue weighted by atomic mass is 16.2. The number of rotatable bonds is 8. The highest BCUT2D eigenvalue weighted by molar-refractivity contribution is 5.89. The summed E-state index contributed by atoms with van der Waals surface area (Å²) in [6.45, 7) is 6.59. The summed E-state index contributed by atoms with van der Waals surface area (Å²) in [5, 5.41) is 7.40. The number of hydrogen-bond acceptors (Lipinski definition) is 3. The Morgan fingerprint density at radius 1 is 1.22 bits per heavy atom. The lowest BCUT2D eigenvalue weighted by Gasteiger charge is -2.16. The van der Waals surface area contributed by atoms with Gasteiger partial charge in [-0.25, -0.2) is 0 Å². The standard InChI is InChI=1S/C21H28N4O2/c1-16-13-17(2)25(23-16)11-6-10-22-21(27)19-14-20(26)24(15-19)12-9-18-7-4-3-5-8-18/h3-5,7-8,13,19H,6,9-12,14-15H2,1-2H3,(H,22,27). The van der Waals surface area contributed by atoms with Crippen LogP contribution in [0.15, 0.2) is 36.4 Å². The minimum atomic E-state index is -0.234. The summed E-state index contributed by atoms with van der Waals surface area (Å²) in [4.78, 5) is 26.4. The van der Waals surface area contributed by atoms with Crippen molar-refractivity contribution >= 4 is 11.8 Å². The van der Waals surface area contributed by atoms with Crippen molar-refractivity contribution in [3.8, 4) is 0 Å². The third-order valence-electron chi connectivity index (χ3n) is 5.05. The van der Waals surface area contributed by atoms with Crippen LogP contribution in [-0.2, 0) is 22.6 Å². The van der Waals surface area contributed by atoms with Crippen molar-refractivity contribution in [2.24, 2.45) is 5.92 Å². The Labute approximate surface area is 160 Å². The Morgan fingerprint density at radius 2 is 2.00 bits per heavy atom. The Hall–Kier alpha value is -2.63. The van der Waals surface area contributed by atoms with Crippen LogP contribution in [0.25, 0.3) is 0 Å². The molecule has 0 bridgehead atoms. The number of nitrogens with zero attached hydrogens (tertiary/aromatic N) is 3. The fraction of sp³-hybridized carbons (Fsp3) is 0.476. The van der Waals surface area contributed by atoms with Gasteiger partial charge in [0.1, 0.15) is 0 Å². The third kappa shape index (κ3) is 5.18. The van der Waals surface area contributed by atoms with Gasteiger partial charge >= 0.3 is 0 Å². The lowest BCUT2D eigenvalue weighted by atomic mass is 10.1. The van der Waals surface area contributed by atoms with Gasteiger partial charge in [0.2, 0.25) is 11.8 Å². The van der Waals surface area contributed by atoms with Crippen molar-refractivity contribution in [3.05, 3.63) is 53.3 Å². The van der Waals surface area contributed by atoms with Gasteiger partial charge in [-0.1, -0.05) is 30.3 Å². The SMILES string of the molecule is Cc1cc(C)n(CCCNC(=O)C2CC(=O)N(CCc3ccccc3)C2)n1. The molecule has 144 valence electrons. The Kier molecular flexibility index (Phi) is 6.27. The van der Waals surface area contributed by atoms with Gasteiger partial charge in [0.05, 0.1) is 11.6 Å². The van der Waals surface area contributed by atoms with E-state index in [2.05, 4.69) is 22.5 Å². The fourth-order valence-electron chi connectivity index (χ4n) is 3.56. The van der Waals surface area contributed by atoms with Crippen molar-refractivity contribution in [1.82, 2.24) is 20.0 Å². The van der Waals surface area contributed by atoms with Crippen LogP contribution in [0.5, 0.6) is 0 Å². The lowest BCUT2D eigenvalue weighted by Crippen LogP contribution is -2.34. The molecule has 2 amide bonds. The number of likely N-dealkylation sites (tertiary alicyclic amines) is 1. The number of hydrogen-bond donors (Lipinski definition) is 1. The van der Waals surface area contributed by atoms with Crippen LogP contribution in [0.1, 0.15) is 29.8 Å². The minimum absolute atomic E-state index is 0.0149.